The molecule has 5 heteroatoms. The zero-order valence-corrected chi connectivity index (χ0v) is 9.60. The van der Waals surface area contributed by atoms with Crippen LogP contribution < -0.4 is 11.1 Å². The molecule has 1 aliphatic heterocycles. The minimum atomic E-state index is -0.340. The van der Waals surface area contributed by atoms with E-state index in [1.165, 1.54) is 0 Å². The number of nitrogens with one attached hydrogen (secondary N) is 1. The Morgan fingerprint density at radius 1 is 1.29 bits per heavy atom. The van der Waals surface area contributed by atoms with E-state index < -0.39 is 0 Å². The smallest absolute Gasteiger partial charge is 0.314 e. The number of amides is 2. The number of carbonyl (C=O) groups is 1. The summed E-state index contributed by atoms with van der Waals surface area (Å²) in [7, 11) is 0. The number of anilines is 1. The second-order valence-corrected chi connectivity index (χ2v) is 4.29. The van der Waals surface area contributed by atoms with E-state index in [4.69, 9.17) is 5.73 Å². The molecule has 0 aromatic heterocycles. The van der Waals surface area contributed by atoms with E-state index in [1.54, 1.807) is 17.0 Å². The van der Waals surface area contributed by atoms with Gasteiger partial charge in [0.05, 0.1) is 0 Å². The molecule has 1 saturated heterocycles. The zero-order valence-electron chi connectivity index (χ0n) is 9.60. The molecule has 1 aliphatic rings. The molecule has 1 aromatic rings. The van der Waals surface area contributed by atoms with Crippen LogP contribution in [0.15, 0.2) is 24.3 Å². The van der Waals surface area contributed by atoms with Crippen molar-refractivity contribution in [1.82, 2.24) is 4.90 Å². The molecule has 92 valence electrons. The van der Waals surface area contributed by atoms with Crippen LogP contribution in [0.25, 0.3) is 0 Å². The number of piperidine rings is 1. The Bertz CT molecular complexity index is 383. The van der Waals surface area contributed by atoms with Crippen LogP contribution in [0, 0.1) is 0 Å². The number of urea groups is 1. The summed E-state index contributed by atoms with van der Waals surface area (Å²) in [5.74, 6) is 0.263. The van der Waals surface area contributed by atoms with Gasteiger partial charge in [-0.2, -0.15) is 0 Å². The van der Waals surface area contributed by atoms with Gasteiger partial charge in [0.25, 0.3) is 0 Å². The first-order valence-electron chi connectivity index (χ1n) is 5.75. The van der Waals surface area contributed by atoms with Gasteiger partial charge in [-0.15, -0.1) is 0 Å². The normalized spacial score (nSPS) is 16.8. The van der Waals surface area contributed by atoms with E-state index in [9.17, 15) is 9.90 Å². The molecule has 2 amide bonds. The van der Waals surface area contributed by atoms with Crippen molar-refractivity contribution in [1.29, 1.82) is 0 Å². The van der Waals surface area contributed by atoms with E-state index >= 15 is 0 Å². The predicted octanol–water partition coefficient (Wildman–Crippen LogP) is 1.35. The van der Waals surface area contributed by atoms with Crippen molar-refractivity contribution in [3.63, 3.8) is 0 Å². The third kappa shape index (κ3) is 3.03. The fraction of sp³-hybridized carbons (Fsp3) is 0.417. The first kappa shape index (κ1) is 11.6. The van der Waals surface area contributed by atoms with Crippen LogP contribution in [-0.2, 0) is 0 Å². The van der Waals surface area contributed by atoms with Gasteiger partial charge in [-0.1, -0.05) is 0 Å². The number of aromatic hydroxyl groups is 1. The summed E-state index contributed by atoms with van der Waals surface area (Å²) >= 11 is 0. The van der Waals surface area contributed by atoms with Crippen LogP contribution >= 0.6 is 0 Å². The van der Waals surface area contributed by atoms with Crippen molar-refractivity contribution < 1.29 is 9.90 Å². The fourth-order valence-electron chi connectivity index (χ4n) is 2.04. The molecular weight excluding hydrogens is 218 g/mol. The van der Waals surface area contributed by atoms with Gasteiger partial charge in [-0.05, 0) is 37.1 Å². The van der Waals surface area contributed by atoms with E-state index in [-0.39, 0.29) is 11.8 Å². The van der Waals surface area contributed by atoms with E-state index in [2.05, 4.69) is 5.32 Å². The minimum Gasteiger partial charge on any atom is -0.508 e. The number of carbonyl (C=O) groups excluding carboxylic acids is 1. The summed E-state index contributed by atoms with van der Waals surface area (Å²) in [5, 5.41) is 12.6. The summed E-state index contributed by atoms with van der Waals surface area (Å²) < 4.78 is 0. The molecule has 0 radical (unpaired) electrons. The number of phenols is 1. The Labute approximate surface area is 100 Å². The van der Waals surface area contributed by atoms with Gasteiger partial charge < -0.3 is 21.1 Å². The molecule has 1 fully saturated rings. The SMILES string of the molecule is NC(=O)N1CCC(Nc2ccc(O)cc2)CC1. The number of nitrogens with two attached hydrogens (primary N) is 1. The molecule has 1 heterocycles. The summed E-state index contributed by atoms with van der Waals surface area (Å²) in [4.78, 5) is 12.6. The summed E-state index contributed by atoms with van der Waals surface area (Å²) in [5.41, 5.74) is 6.21. The fourth-order valence-corrected chi connectivity index (χ4v) is 2.04. The third-order valence-corrected chi connectivity index (χ3v) is 3.04. The first-order chi connectivity index (χ1) is 8.15. The number of nitrogens with zero attached hydrogens (tertiary/aromatic N) is 1. The van der Waals surface area contributed by atoms with Gasteiger partial charge in [0.2, 0.25) is 0 Å². The minimum absolute atomic E-state index is 0.263. The van der Waals surface area contributed by atoms with Crippen LogP contribution in [0.1, 0.15) is 12.8 Å². The molecule has 0 spiro atoms. The van der Waals surface area contributed by atoms with Crippen LogP contribution in [0.3, 0.4) is 0 Å². The molecule has 17 heavy (non-hydrogen) atoms. The van der Waals surface area contributed by atoms with Gasteiger partial charge >= 0.3 is 6.03 Å². The van der Waals surface area contributed by atoms with E-state index in [1.807, 2.05) is 12.1 Å². The maximum Gasteiger partial charge on any atom is 0.314 e. The Kier molecular flexibility index (Phi) is 3.37. The lowest BCUT2D eigenvalue weighted by Gasteiger charge is -2.31. The molecule has 0 aliphatic carbocycles. The second kappa shape index (κ2) is 4.95. The molecule has 0 saturated carbocycles. The van der Waals surface area contributed by atoms with Crippen molar-refractivity contribution >= 4 is 11.7 Å². The maximum absolute atomic E-state index is 11.0. The van der Waals surface area contributed by atoms with Gasteiger partial charge in [-0.3, -0.25) is 0 Å². The highest BCUT2D eigenvalue weighted by Crippen LogP contribution is 2.18. The second-order valence-electron chi connectivity index (χ2n) is 4.29. The van der Waals surface area contributed by atoms with Crippen LogP contribution in [0.4, 0.5) is 10.5 Å². The van der Waals surface area contributed by atoms with Gasteiger partial charge in [0, 0.05) is 24.8 Å². The monoisotopic (exact) mass is 235 g/mol. The molecule has 4 N–H and O–H groups in total. The molecule has 0 unspecified atom stereocenters. The molecule has 5 nitrogen and oxygen atoms in total. The van der Waals surface area contributed by atoms with Crippen molar-refractivity contribution in [2.24, 2.45) is 5.73 Å². The van der Waals surface area contributed by atoms with Crippen LogP contribution in [-0.4, -0.2) is 35.2 Å². The lowest BCUT2D eigenvalue weighted by Crippen LogP contribution is -2.44. The number of hydrogen-bond acceptors (Lipinski definition) is 3. The lowest BCUT2D eigenvalue weighted by molar-refractivity contribution is 0.193. The Morgan fingerprint density at radius 3 is 2.41 bits per heavy atom. The van der Waals surface area contributed by atoms with Gasteiger partial charge in [0.1, 0.15) is 5.75 Å². The standard InChI is InChI=1S/C12H17N3O2/c13-12(17)15-7-5-10(6-8-15)14-9-1-3-11(16)4-2-9/h1-4,10,14,16H,5-8H2,(H2,13,17). The Balaban J connectivity index is 1.85. The topological polar surface area (TPSA) is 78.6 Å². The average molecular weight is 235 g/mol. The Hall–Kier alpha value is -1.91. The number of phenolic OH excluding ortho intramolecular Hbond substituents is 1. The van der Waals surface area contributed by atoms with Crippen LogP contribution in [0.2, 0.25) is 0 Å². The third-order valence-electron chi connectivity index (χ3n) is 3.04. The van der Waals surface area contributed by atoms with E-state index in [0.29, 0.717) is 19.1 Å². The number of benzene rings is 1. The van der Waals surface area contributed by atoms with Crippen molar-refractivity contribution in [3.05, 3.63) is 24.3 Å². The van der Waals surface area contributed by atoms with Crippen molar-refractivity contribution in [2.75, 3.05) is 18.4 Å². The molecule has 0 bridgehead atoms. The number of rotatable bonds is 2. The quantitative estimate of drug-likeness (QED) is 0.677. The average Bonchev–Trinajstić information content (AvgIpc) is 2.33. The maximum atomic E-state index is 11.0. The highest BCUT2D eigenvalue weighted by molar-refractivity contribution is 5.72. The summed E-state index contributed by atoms with van der Waals surface area (Å²) in [6.45, 7) is 1.40. The number of likely N-dealkylation sites (tertiary alicyclic amines) is 1. The van der Waals surface area contributed by atoms with Crippen molar-refractivity contribution in [2.45, 2.75) is 18.9 Å². The van der Waals surface area contributed by atoms with Gasteiger partial charge in [0.15, 0.2) is 0 Å². The molecule has 0 atom stereocenters. The number of primary amides is 1. The lowest BCUT2D eigenvalue weighted by atomic mass is 10.0. The highest BCUT2D eigenvalue weighted by Gasteiger charge is 2.20. The highest BCUT2D eigenvalue weighted by atomic mass is 16.3. The zero-order chi connectivity index (χ0) is 12.3. The largest absolute Gasteiger partial charge is 0.508 e. The Morgan fingerprint density at radius 2 is 1.88 bits per heavy atom. The first-order valence-corrected chi connectivity index (χ1v) is 5.75. The molecular formula is C12H17N3O2. The number of hydrogen-bond donors (Lipinski definition) is 3. The predicted molar refractivity (Wildman–Crippen MR) is 65.9 cm³/mol. The van der Waals surface area contributed by atoms with Gasteiger partial charge in [-0.25, -0.2) is 4.79 Å². The van der Waals surface area contributed by atoms with Crippen LogP contribution in [0.5, 0.6) is 5.75 Å². The van der Waals surface area contributed by atoms with E-state index in [0.717, 1.165) is 18.5 Å². The summed E-state index contributed by atoms with van der Waals surface area (Å²) in [6, 6.07) is 7.01. The van der Waals surface area contributed by atoms with Crippen molar-refractivity contribution in [3.8, 4) is 5.75 Å². The summed E-state index contributed by atoms with van der Waals surface area (Å²) in [6.07, 6.45) is 1.79. The molecule has 2 rings (SSSR count). The molecule has 1 aromatic carbocycles.